The van der Waals surface area contributed by atoms with Gasteiger partial charge in [0.15, 0.2) is 5.65 Å². The number of fused-ring (bicyclic) bond motifs is 4. The molecule has 3 aromatic carbocycles. The largest absolute Gasteiger partial charge is 0.275 e. The van der Waals surface area contributed by atoms with Crippen LogP contribution in [0, 0.1) is 0 Å². The Morgan fingerprint density at radius 2 is 1.61 bits per heavy atom. The second-order valence-corrected chi connectivity index (χ2v) is 7.55. The molecule has 0 saturated carbocycles. The topological polar surface area (TPSA) is 56.5 Å². The molecular formula is C22H13N5S. The summed E-state index contributed by atoms with van der Waals surface area (Å²) in [6, 6.07) is 25.0. The summed E-state index contributed by atoms with van der Waals surface area (Å²) in [4.78, 5) is 9.27. The molecule has 0 aliphatic rings. The lowest BCUT2D eigenvalue weighted by Crippen LogP contribution is -1.99. The molecule has 0 bridgehead atoms. The molecule has 28 heavy (non-hydrogen) atoms. The lowest BCUT2D eigenvalue weighted by molar-refractivity contribution is 0.996. The first kappa shape index (κ1) is 15.4. The third kappa shape index (κ3) is 2.18. The first-order valence-electron chi connectivity index (χ1n) is 8.92. The average molecular weight is 379 g/mol. The zero-order chi connectivity index (χ0) is 18.5. The third-order valence-corrected chi connectivity index (χ3v) is 6.10. The quantitative estimate of drug-likeness (QED) is 0.412. The molecule has 0 atom stereocenters. The normalized spacial score (nSPS) is 11.6. The van der Waals surface area contributed by atoms with Gasteiger partial charge in [-0.25, -0.2) is 9.97 Å². The highest BCUT2D eigenvalue weighted by molar-refractivity contribution is 7.26. The van der Waals surface area contributed by atoms with Crippen LogP contribution >= 0.6 is 11.3 Å². The highest BCUT2D eigenvalue weighted by atomic mass is 32.1. The fourth-order valence-electron chi connectivity index (χ4n) is 3.67. The molecule has 0 saturated heterocycles. The van der Waals surface area contributed by atoms with Gasteiger partial charge in [-0.1, -0.05) is 48.5 Å². The Morgan fingerprint density at radius 3 is 2.54 bits per heavy atom. The summed E-state index contributed by atoms with van der Waals surface area (Å²) in [6.45, 7) is 0. The van der Waals surface area contributed by atoms with Gasteiger partial charge in [-0.05, 0) is 24.3 Å². The van der Waals surface area contributed by atoms with Crippen LogP contribution in [-0.2, 0) is 0 Å². The number of imidazole rings is 1. The van der Waals surface area contributed by atoms with Crippen LogP contribution in [0.4, 0.5) is 0 Å². The van der Waals surface area contributed by atoms with Crippen LogP contribution in [0.15, 0.2) is 79.1 Å². The number of aromatic nitrogens is 5. The van der Waals surface area contributed by atoms with E-state index in [-0.39, 0.29) is 0 Å². The van der Waals surface area contributed by atoms with Gasteiger partial charge in [0.1, 0.15) is 12.2 Å². The van der Waals surface area contributed by atoms with Gasteiger partial charge in [0.2, 0.25) is 5.65 Å². The van der Waals surface area contributed by atoms with E-state index in [0.29, 0.717) is 11.3 Å². The summed E-state index contributed by atoms with van der Waals surface area (Å²) in [6.07, 6.45) is 1.47. The van der Waals surface area contributed by atoms with Gasteiger partial charge in [-0.15, -0.1) is 21.5 Å². The van der Waals surface area contributed by atoms with Crippen molar-refractivity contribution in [1.82, 2.24) is 24.7 Å². The van der Waals surface area contributed by atoms with Gasteiger partial charge in [0, 0.05) is 31.4 Å². The summed E-state index contributed by atoms with van der Waals surface area (Å²) in [5, 5.41) is 10.6. The summed E-state index contributed by atoms with van der Waals surface area (Å²) in [5.41, 5.74) is 3.31. The van der Waals surface area contributed by atoms with Crippen LogP contribution in [0.5, 0.6) is 0 Å². The Kier molecular flexibility index (Phi) is 3.27. The highest BCUT2D eigenvalue weighted by Crippen LogP contribution is 2.40. The van der Waals surface area contributed by atoms with Gasteiger partial charge in [-0.2, -0.15) is 0 Å². The summed E-state index contributed by atoms with van der Waals surface area (Å²) in [7, 11) is 0. The molecule has 5 nitrogen and oxygen atoms in total. The zero-order valence-corrected chi connectivity index (χ0v) is 15.5. The average Bonchev–Trinajstić information content (AvgIpc) is 3.33. The van der Waals surface area contributed by atoms with E-state index in [0.717, 1.165) is 17.1 Å². The van der Waals surface area contributed by atoms with Crippen LogP contribution in [0.1, 0.15) is 0 Å². The first-order chi connectivity index (χ1) is 13.9. The molecule has 132 valence electrons. The van der Waals surface area contributed by atoms with Crippen molar-refractivity contribution >= 4 is 42.8 Å². The maximum absolute atomic E-state index is 4.81. The van der Waals surface area contributed by atoms with Crippen molar-refractivity contribution in [2.75, 3.05) is 0 Å². The van der Waals surface area contributed by atoms with Crippen LogP contribution in [0.25, 0.3) is 48.5 Å². The molecule has 0 spiro atoms. The fourth-order valence-corrected chi connectivity index (χ4v) is 4.88. The summed E-state index contributed by atoms with van der Waals surface area (Å²) < 4.78 is 4.54. The molecule has 6 aromatic rings. The first-order valence-corrected chi connectivity index (χ1v) is 9.74. The van der Waals surface area contributed by atoms with Crippen LogP contribution in [-0.4, -0.2) is 24.7 Å². The molecule has 0 unspecified atom stereocenters. The highest BCUT2D eigenvalue weighted by Gasteiger charge is 2.19. The van der Waals surface area contributed by atoms with Crippen molar-refractivity contribution in [3.05, 3.63) is 79.1 Å². The lowest BCUT2D eigenvalue weighted by atomic mass is 10.1. The second-order valence-electron chi connectivity index (χ2n) is 6.49. The Balaban J connectivity index is 1.74. The number of thiophene rings is 1. The molecule has 6 rings (SSSR count). The molecule has 0 fully saturated rings. The lowest BCUT2D eigenvalue weighted by Gasteiger charge is -2.09. The molecule has 3 aromatic heterocycles. The monoisotopic (exact) mass is 379 g/mol. The minimum atomic E-state index is 0.541. The van der Waals surface area contributed by atoms with E-state index in [4.69, 9.17) is 4.98 Å². The smallest absolute Gasteiger partial charge is 0.220 e. The second kappa shape index (κ2) is 5.94. The molecule has 0 aliphatic heterocycles. The van der Waals surface area contributed by atoms with E-state index >= 15 is 0 Å². The van der Waals surface area contributed by atoms with Gasteiger partial charge < -0.3 is 0 Å². The van der Waals surface area contributed by atoms with Crippen molar-refractivity contribution < 1.29 is 0 Å². The number of hydrogen-bond donors (Lipinski definition) is 0. The maximum atomic E-state index is 4.81. The van der Waals surface area contributed by atoms with Gasteiger partial charge in [0.25, 0.3) is 0 Å². The fraction of sp³-hybridized carbons (Fsp3) is 0. The van der Waals surface area contributed by atoms with E-state index in [1.165, 1.54) is 26.5 Å². The number of nitrogens with zero attached hydrogens (tertiary/aromatic N) is 5. The van der Waals surface area contributed by atoms with Crippen LogP contribution in [0.2, 0.25) is 0 Å². The minimum Gasteiger partial charge on any atom is -0.275 e. The third-order valence-electron chi connectivity index (χ3n) is 4.88. The standard InChI is InChI=1S/C22H13N5S/c1-2-7-14(8-3-1)27-21(25-20-22(27)23-13-24-26-20)17-11-6-10-16-15-9-4-5-12-18(15)28-19(16)17/h1-13H. The Hall–Kier alpha value is -3.64. The Labute approximate surface area is 163 Å². The molecule has 0 radical (unpaired) electrons. The summed E-state index contributed by atoms with van der Waals surface area (Å²) in [5.74, 6) is 0.825. The van der Waals surface area contributed by atoms with Crippen molar-refractivity contribution in [3.8, 4) is 17.1 Å². The number of para-hydroxylation sites is 1. The predicted molar refractivity (Wildman–Crippen MR) is 113 cm³/mol. The molecule has 0 N–H and O–H groups in total. The molecule has 3 heterocycles. The van der Waals surface area contributed by atoms with E-state index in [1.54, 1.807) is 11.3 Å². The van der Waals surface area contributed by atoms with E-state index in [2.05, 4.69) is 74.3 Å². The van der Waals surface area contributed by atoms with E-state index < -0.39 is 0 Å². The number of rotatable bonds is 2. The Bertz CT molecular complexity index is 1470. The summed E-state index contributed by atoms with van der Waals surface area (Å²) >= 11 is 1.79. The van der Waals surface area contributed by atoms with Gasteiger partial charge in [-0.3, -0.25) is 4.57 Å². The molecule has 0 amide bonds. The minimum absolute atomic E-state index is 0.541. The Morgan fingerprint density at radius 1 is 0.786 bits per heavy atom. The van der Waals surface area contributed by atoms with Crippen molar-refractivity contribution in [2.24, 2.45) is 0 Å². The molecule has 0 aliphatic carbocycles. The molecular weight excluding hydrogens is 366 g/mol. The van der Waals surface area contributed by atoms with Crippen molar-refractivity contribution in [1.29, 1.82) is 0 Å². The number of benzene rings is 3. The van der Waals surface area contributed by atoms with Gasteiger partial charge in [0.05, 0.1) is 0 Å². The van der Waals surface area contributed by atoms with Gasteiger partial charge >= 0.3 is 0 Å². The number of hydrogen-bond acceptors (Lipinski definition) is 5. The SMILES string of the molecule is c1ccc(-n2c(-c3cccc4c3sc3ccccc34)nc3nncnc32)cc1. The van der Waals surface area contributed by atoms with Crippen LogP contribution in [0.3, 0.4) is 0 Å². The van der Waals surface area contributed by atoms with Crippen LogP contribution < -0.4 is 0 Å². The zero-order valence-electron chi connectivity index (χ0n) is 14.6. The van der Waals surface area contributed by atoms with Crippen molar-refractivity contribution in [3.63, 3.8) is 0 Å². The maximum Gasteiger partial charge on any atom is 0.220 e. The van der Waals surface area contributed by atoms with Crippen molar-refractivity contribution in [2.45, 2.75) is 0 Å². The predicted octanol–water partition coefficient (Wildman–Crippen LogP) is 5.25. The molecule has 6 heteroatoms. The van der Waals surface area contributed by atoms with E-state index in [1.807, 2.05) is 18.2 Å². The van der Waals surface area contributed by atoms with E-state index in [9.17, 15) is 0 Å².